The van der Waals surface area contributed by atoms with Crippen molar-refractivity contribution in [1.82, 2.24) is 9.80 Å². The van der Waals surface area contributed by atoms with Crippen LogP contribution < -0.4 is 4.74 Å². The third kappa shape index (κ3) is 2.23. The Labute approximate surface area is 157 Å². The number of nitrogens with zero attached hydrogens (tertiary/aromatic N) is 2. The van der Waals surface area contributed by atoms with Crippen LogP contribution in [0.1, 0.15) is 24.3 Å². The maximum Gasteiger partial charge on any atom is 0.251 e. The van der Waals surface area contributed by atoms with Gasteiger partial charge in [-0.2, -0.15) is 0 Å². The molecule has 2 aliphatic heterocycles. The number of ether oxygens (including phenoxy) is 1. The summed E-state index contributed by atoms with van der Waals surface area (Å²) >= 11 is 6.95. The molecule has 3 rings (SSSR count). The van der Waals surface area contributed by atoms with E-state index in [1.54, 1.807) is 27.3 Å². The van der Waals surface area contributed by atoms with Crippen molar-refractivity contribution >= 4 is 43.7 Å². The smallest absolute Gasteiger partial charge is 0.251 e. The predicted molar refractivity (Wildman–Crippen MR) is 94.6 cm³/mol. The molecule has 2 heterocycles. The first-order valence-electron chi connectivity index (χ1n) is 7.50. The van der Waals surface area contributed by atoms with Gasteiger partial charge in [0.05, 0.1) is 17.5 Å². The first-order chi connectivity index (χ1) is 11.3. The van der Waals surface area contributed by atoms with E-state index in [9.17, 15) is 14.7 Å². The van der Waals surface area contributed by atoms with Crippen LogP contribution >= 0.6 is 31.9 Å². The number of rotatable bonds is 2. The van der Waals surface area contributed by atoms with E-state index in [2.05, 4.69) is 31.9 Å². The molecule has 1 spiro atoms. The number of hydrogen-bond acceptors (Lipinski definition) is 4. The van der Waals surface area contributed by atoms with E-state index in [0.29, 0.717) is 18.6 Å². The minimum atomic E-state index is -1.06. The van der Waals surface area contributed by atoms with Crippen molar-refractivity contribution in [2.45, 2.75) is 30.5 Å². The molecule has 24 heavy (non-hydrogen) atoms. The second kappa shape index (κ2) is 6.00. The number of likely N-dealkylation sites (tertiary alicyclic amines) is 2. The van der Waals surface area contributed by atoms with E-state index in [1.807, 2.05) is 6.07 Å². The van der Waals surface area contributed by atoms with Gasteiger partial charge in [-0.1, -0.05) is 15.9 Å². The van der Waals surface area contributed by atoms with Gasteiger partial charge in [0, 0.05) is 25.0 Å². The van der Waals surface area contributed by atoms with Crippen LogP contribution in [0.15, 0.2) is 21.1 Å². The van der Waals surface area contributed by atoms with E-state index >= 15 is 0 Å². The minimum absolute atomic E-state index is 0.0870. The lowest BCUT2D eigenvalue weighted by Gasteiger charge is -2.36. The van der Waals surface area contributed by atoms with Gasteiger partial charge in [-0.05, 0) is 40.0 Å². The molecule has 3 atom stereocenters. The molecule has 1 aromatic carbocycles. The van der Waals surface area contributed by atoms with Crippen LogP contribution in [0.25, 0.3) is 0 Å². The third-order valence-electron chi connectivity index (χ3n) is 5.20. The van der Waals surface area contributed by atoms with Crippen LogP contribution in [0, 0.1) is 0 Å². The van der Waals surface area contributed by atoms with Crippen molar-refractivity contribution in [3.8, 4) is 5.75 Å². The average Bonchev–Trinajstić information content (AvgIpc) is 2.93. The second-order valence-electron chi connectivity index (χ2n) is 6.19. The summed E-state index contributed by atoms with van der Waals surface area (Å²) in [6.45, 7) is 0. The van der Waals surface area contributed by atoms with Gasteiger partial charge >= 0.3 is 0 Å². The van der Waals surface area contributed by atoms with Gasteiger partial charge in [0.1, 0.15) is 17.5 Å². The van der Waals surface area contributed by atoms with Crippen molar-refractivity contribution in [2.75, 3.05) is 21.2 Å². The first-order valence-corrected chi connectivity index (χ1v) is 9.09. The van der Waals surface area contributed by atoms with Crippen molar-refractivity contribution in [1.29, 1.82) is 0 Å². The Hall–Kier alpha value is -1.12. The third-order valence-corrected chi connectivity index (χ3v) is 6.51. The molecule has 8 heteroatoms. The summed E-state index contributed by atoms with van der Waals surface area (Å²) in [5.74, 6) is -0.287. The fourth-order valence-electron chi connectivity index (χ4n) is 3.86. The maximum atomic E-state index is 12.9. The number of aliphatic hydroxyl groups is 1. The molecule has 0 bridgehead atoms. The van der Waals surface area contributed by atoms with E-state index in [4.69, 9.17) is 4.74 Å². The van der Waals surface area contributed by atoms with Crippen molar-refractivity contribution < 1.29 is 19.4 Å². The number of aliphatic hydroxyl groups excluding tert-OH is 1. The first kappa shape index (κ1) is 17.7. The van der Waals surface area contributed by atoms with Gasteiger partial charge in [0.25, 0.3) is 5.91 Å². The van der Waals surface area contributed by atoms with Crippen molar-refractivity contribution in [3.05, 3.63) is 26.6 Å². The molecule has 0 radical (unpaired) electrons. The number of methoxy groups -OCH3 is 1. The number of amides is 2. The highest BCUT2D eigenvalue weighted by molar-refractivity contribution is 9.11. The molecule has 6 nitrogen and oxygen atoms in total. The molecule has 2 saturated heterocycles. The second-order valence-corrected chi connectivity index (χ2v) is 7.90. The zero-order valence-electron chi connectivity index (χ0n) is 13.5. The van der Waals surface area contributed by atoms with Crippen LogP contribution in [0.4, 0.5) is 0 Å². The Kier molecular flexibility index (Phi) is 4.42. The van der Waals surface area contributed by atoms with Gasteiger partial charge in [-0.25, -0.2) is 0 Å². The van der Waals surface area contributed by atoms with Crippen LogP contribution in [0.3, 0.4) is 0 Å². The molecule has 130 valence electrons. The maximum absolute atomic E-state index is 12.9. The summed E-state index contributed by atoms with van der Waals surface area (Å²) < 4.78 is 6.87. The molecule has 0 aliphatic carbocycles. The number of carbonyl (C=O) groups is 2. The van der Waals surface area contributed by atoms with E-state index < -0.39 is 17.7 Å². The lowest BCUT2D eigenvalue weighted by molar-refractivity contribution is -0.142. The number of halogens is 2. The summed E-state index contributed by atoms with van der Waals surface area (Å²) in [6.07, 6.45) is -0.337. The van der Waals surface area contributed by atoms with E-state index in [1.165, 1.54) is 9.80 Å². The standard InChI is InChI=1S/C16H18Br2N2O4/c1-19-14(22)13(8-6-11(24-3)10(18)7-9(8)17)16(15(19)23)5-4-12(21)20(16)2/h6-7,13-14,22H,4-5H2,1-3H3/t13-,14+,16-/m0/s1. The van der Waals surface area contributed by atoms with Crippen LogP contribution in [-0.4, -0.2) is 59.7 Å². The minimum Gasteiger partial charge on any atom is -0.496 e. The summed E-state index contributed by atoms with van der Waals surface area (Å²) in [7, 11) is 4.76. The molecule has 2 amide bonds. The Morgan fingerprint density at radius 1 is 1.25 bits per heavy atom. The lowest BCUT2D eigenvalue weighted by atomic mass is 9.78. The average molecular weight is 462 g/mol. The number of likely N-dealkylation sites (N-methyl/N-ethyl adjacent to an activating group) is 2. The topological polar surface area (TPSA) is 70.1 Å². The highest BCUT2D eigenvalue weighted by atomic mass is 79.9. The zero-order valence-corrected chi connectivity index (χ0v) is 16.7. The Morgan fingerprint density at radius 3 is 2.46 bits per heavy atom. The normalized spacial score (nSPS) is 29.9. The highest BCUT2D eigenvalue weighted by Crippen LogP contribution is 2.52. The van der Waals surface area contributed by atoms with Gasteiger partial charge in [0.2, 0.25) is 5.91 Å². The van der Waals surface area contributed by atoms with Crippen LogP contribution in [-0.2, 0) is 9.59 Å². The van der Waals surface area contributed by atoms with E-state index in [-0.39, 0.29) is 11.8 Å². The van der Waals surface area contributed by atoms with Crippen LogP contribution in [0.2, 0.25) is 0 Å². The summed E-state index contributed by atoms with van der Waals surface area (Å²) in [5.41, 5.74) is -0.325. The van der Waals surface area contributed by atoms with Crippen molar-refractivity contribution in [2.24, 2.45) is 0 Å². The number of hydrogen-bond donors (Lipinski definition) is 1. The Morgan fingerprint density at radius 2 is 1.92 bits per heavy atom. The molecule has 2 fully saturated rings. The number of carbonyl (C=O) groups excluding carboxylic acids is 2. The van der Waals surface area contributed by atoms with Crippen molar-refractivity contribution in [3.63, 3.8) is 0 Å². The van der Waals surface area contributed by atoms with Gasteiger partial charge in [-0.15, -0.1) is 0 Å². The predicted octanol–water partition coefficient (Wildman–Crippen LogP) is 2.09. The fourth-order valence-corrected chi connectivity index (χ4v) is 5.26. The summed E-state index contributed by atoms with van der Waals surface area (Å²) in [5, 5.41) is 10.8. The molecule has 1 N–H and O–H groups in total. The molecule has 0 unspecified atom stereocenters. The summed E-state index contributed by atoms with van der Waals surface area (Å²) in [6, 6.07) is 3.63. The Bertz CT molecular complexity index is 726. The molecule has 0 saturated carbocycles. The van der Waals surface area contributed by atoms with Gasteiger partial charge < -0.3 is 19.6 Å². The highest BCUT2D eigenvalue weighted by Gasteiger charge is 2.64. The van der Waals surface area contributed by atoms with E-state index in [0.717, 1.165) is 14.5 Å². The quantitative estimate of drug-likeness (QED) is 0.732. The molecule has 0 aromatic heterocycles. The Balaban J connectivity index is 2.21. The monoisotopic (exact) mass is 460 g/mol. The SMILES string of the molecule is COc1cc([C@H]2[C@@H](O)N(C)C(=O)[C@]23CCC(=O)N3C)c(Br)cc1Br. The van der Waals surface area contributed by atoms with Gasteiger partial charge in [0.15, 0.2) is 0 Å². The molecular weight excluding hydrogens is 444 g/mol. The lowest BCUT2D eigenvalue weighted by Crippen LogP contribution is -2.52. The summed E-state index contributed by atoms with van der Waals surface area (Å²) in [4.78, 5) is 27.9. The molecular formula is C16H18Br2N2O4. The van der Waals surface area contributed by atoms with Gasteiger partial charge in [-0.3, -0.25) is 9.59 Å². The molecule has 2 aliphatic rings. The largest absolute Gasteiger partial charge is 0.496 e. The fraction of sp³-hybridized carbons (Fsp3) is 0.500. The zero-order chi connectivity index (χ0) is 17.8. The number of benzene rings is 1. The van der Waals surface area contributed by atoms with Crippen LogP contribution in [0.5, 0.6) is 5.75 Å². The molecule has 1 aromatic rings.